The molecule has 0 rings (SSSR count). The van der Waals surface area contributed by atoms with Crippen molar-refractivity contribution in [1.29, 1.82) is 0 Å². The van der Waals surface area contributed by atoms with Crippen LogP contribution in [-0.4, -0.2) is 40.4 Å². The van der Waals surface area contributed by atoms with Crippen LogP contribution >= 0.6 is 0 Å². The third-order valence-corrected chi connectivity index (χ3v) is 2.42. The number of carbonyl (C=O) groups excluding carboxylic acids is 2. The number of rotatable bonds is 5. The molecule has 0 aromatic rings. The molecule has 0 aliphatic carbocycles. The van der Waals surface area contributed by atoms with Gasteiger partial charge in [0.2, 0.25) is 0 Å². The second-order valence-electron chi connectivity index (χ2n) is 7.23. The zero-order valence-electron chi connectivity index (χ0n) is 14.4. The van der Waals surface area contributed by atoms with Crippen molar-refractivity contribution in [1.82, 2.24) is 5.32 Å². The van der Waals surface area contributed by atoms with Gasteiger partial charge in [-0.1, -0.05) is 6.92 Å². The fourth-order valence-corrected chi connectivity index (χ4v) is 1.65. The molecule has 2 N–H and O–H groups in total. The minimum Gasteiger partial charge on any atom is -0.480 e. The van der Waals surface area contributed by atoms with Crippen LogP contribution in [0.15, 0.2) is 0 Å². The first kappa shape index (κ1) is 20.2. The quantitative estimate of drug-likeness (QED) is 0.755. The Bertz CT molecular complexity index is 419. The van der Waals surface area contributed by atoms with E-state index < -0.39 is 41.2 Å². The van der Waals surface area contributed by atoms with E-state index in [1.807, 2.05) is 0 Å². The van der Waals surface area contributed by atoms with Gasteiger partial charge in [-0.25, -0.2) is 9.59 Å². The summed E-state index contributed by atoms with van der Waals surface area (Å²) in [5.74, 6) is -2.39. The molecule has 128 valence electrons. The van der Waals surface area contributed by atoms with Crippen LogP contribution < -0.4 is 5.32 Å². The summed E-state index contributed by atoms with van der Waals surface area (Å²) >= 11 is 0. The molecule has 1 amide bonds. The summed E-state index contributed by atoms with van der Waals surface area (Å²) in [5, 5.41) is 11.5. The molecule has 0 saturated heterocycles. The van der Waals surface area contributed by atoms with E-state index in [4.69, 9.17) is 9.47 Å². The molecule has 22 heavy (non-hydrogen) atoms. The van der Waals surface area contributed by atoms with Crippen molar-refractivity contribution in [3.8, 4) is 0 Å². The molecule has 7 nitrogen and oxygen atoms in total. The molecule has 0 radical (unpaired) electrons. The smallest absolute Gasteiger partial charge is 0.408 e. The summed E-state index contributed by atoms with van der Waals surface area (Å²) in [6, 6.07) is -1.23. The maximum absolute atomic E-state index is 11.8. The lowest BCUT2D eigenvalue weighted by Crippen LogP contribution is -2.47. The Labute approximate surface area is 131 Å². The summed E-state index contributed by atoms with van der Waals surface area (Å²) in [5.41, 5.74) is -1.38. The zero-order valence-corrected chi connectivity index (χ0v) is 14.4. The van der Waals surface area contributed by atoms with Crippen LogP contribution in [0.1, 0.15) is 54.9 Å². The predicted octanol–water partition coefficient (Wildman–Crippen LogP) is 2.33. The molecule has 0 bridgehead atoms. The van der Waals surface area contributed by atoms with E-state index in [1.165, 1.54) is 0 Å². The lowest BCUT2D eigenvalue weighted by atomic mass is 9.98. The van der Waals surface area contributed by atoms with Gasteiger partial charge in [0.15, 0.2) is 0 Å². The van der Waals surface area contributed by atoms with Gasteiger partial charge in [-0.3, -0.25) is 4.79 Å². The van der Waals surface area contributed by atoms with E-state index in [-0.39, 0.29) is 6.42 Å². The average Bonchev–Trinajstić information content (AvgIpc) is 2.19. The van der Waals surface area contributed by atoms with Gasteiger partial charge < -0.3 is 19.9 Å². The minimum atomic E-state index is -1.23. The fourth-order valence-electron chi connectivity index (χ4n) is 1.65. The average molecular weight is 317 g/mol. The second-order valence-corrected chi connectivity index (χ2v) is 7.23. The number of ether oxygens (including phenoxy) is 2. The van der Waals surface area contributed by atoms with Crippen LogP contribution in [-0.2, 0) is 19.1 Å². The predicted molar refractivity (Wildman–Crippen MR) is 80.4 cm³/mol. The summed E-state index contributed by atoms with van der Waals surface area (Å²) in [6.45, 7) is 11.8. The summed E-state index contributed by atoms with van der Waals surface area (Å²) in [4.78, 5) is 34.7. The van der Waals surface area contributed by atoms with Crippen LogP contribution in [0.2, 0.25) is 0 Å². The third kappa shape index (κ3) is 9.20. The highest BCUT2D eigenvalue weighted by molar-refractivity contribution is 5.81. The second kappa shape index (κ2) is 7.47. The number of hydrogen-bond donors (Lipinski definition) is 2. The van der Waals surface area contributed by atoms with E-state index >= 15 is 0 Å². The number of aliphatic carboxylic acids is 1. The molecule has 0 saturated carbocycles. The molecule has 0 spiro atoms. The van der Waals surface area contributed by atoms with E-state index in [9.17, 15) is 19.5 Å². The topological polar surface area (TPSA) is 102 Å². The Hall–Kier alpha value is -1.79. The van der Waals surface area contributed by atoms with Crippen molar-refractivity contribution >= 4 is 18.0 Å². The summed E-state index contributed by atoms with van der Waals surface area (Å²) in [6.07, 6.45) is -0.958. The van der Waals surface area contributed by atoms with Crippen LogP contribution in [0, 0.1) is 5.92 Å². The van der Waals surface area contributed by atoms with Gasteiger partial charge in [-0.15, -0.1) is 0 Å². The Morgan fingerprint density at radius 1 is 1.00 bits per heavy atom. The lowest BCUT2D eigenvalue weighted by Gasteiger charge is -2.25. The van der Waals surface area contributed by atoms with E-state index in [1.54, 1.807) is 48.5 Å². The molecule has 2 atom stereocenters. The fraction of sp³-hybridized carbons (Fsp3) is 0.800. The molecule has 0 aromatic heterocycles. The molecule has 0 unspecified atom stereocenters. The molecule has 0 aromatic carbocycles. The summed E-state index contributed by atoms with van der Waals surface area (Å²) < 4.78 is 10.2. The number of esters is 1. The van der Waals surface area contributed by atoms with Gasteiger partial charge in [0.05, 0.1) is 6.42 Å². The number of carboxylic acid groups (broad SMARTS) is 1. The SMILES string of the molecule is C[C@H](CC(=O)OC(C)(C)C)[C@H](NC(=O)OC(C)(C)C)C(=O)O. The van der Waals surface area contributed by atoms with Gasteiger partial charge >= 0.3 is 18.0 Å². The van der Waals surface area contributed by atoms with Gasteiger partial charge in [0.1, 0.15) is 17.2 Å². The number of nitrogens with one attached hydrogen (secondary N) is 1. The molecule has 0 heterocycles. The van der Waals surface area contributed by atoms with Crippen molar-refractivity contribution in [3.63, 3.8) is 0 Å². The van der Waals surface area contributed by atoms with E-state index in [0.29, 0.717) is 0 Å². The van der Waals surface area contributed by atoms with Gasteiger partial charge in [-0.05, 0) is 47.5 Å². The zero-order chi connectivity index (χ0) is 17.7. The number of hydrogen-bond acceptors (Lipinski definition) is 5. The number of carboxylic acids is 1. The standard InChI is InChI=1S/C15H27NO6/c1-9(8-10(17)21-14(2,3)4)11(12(18)19)16-13(20)22-15(5,6)7/h9,11H,8H2,1-7H3,(H,16,20)(H,18,19)/t9-,11+/m1/s1. The van der Waals surface area contributed by atoms with Crippen molar-refractivity contribution in [2.45, 2.75) is 72.1 Å². The van der Waals surface area contributed by atoms with Crippen molar-refractivity contribution in [2.24, 2.45) is 5.92 Å². The first-order chi connectivity index (χ1) is 9.71. The normalized spacial score (nSPS) is 14.7. The molecular formula is C15H27NO6. The lowest BCUT2D eigenvalue weighted by molar-refractivity contribution is -0.156. The molecule has 7 heteroatoms. The molecule has 0 aliphatic heterocycles. The van der Waals surface area contributed by atoms with Gasteiger partial charge in [0.25, 0.3) is 0 Å². The van der Waals surface area contributed by atoms with Crippen LogP contribution in [0.5, 0.6) is 0 Å². The van der Waals surface area contributed by atoms with E-state index in [2.05, 4.69) is 5.32 Å². The Balaban J connectivity index is 4.72. The first-order valence-electron chi connectivity index (χ1n) is 7.15. The highest BCUT2D eigenvalue weighted by Crippen LogP contribution is 2.15. The first-order valence-corrected chi connectivity index (χ1v) is 7.15. The van der Waals surface area contributed by atoms with Crippen molar-refractivity contribution in [3.05, 3.63) is 0 Å². The molecular weight excluding hydrogens is 290 g/mol. The molecule has 0 aliphatic rings. The number of amides is 1. The minimum absolute atomic E-state index is 0.121. The van der Waals surface area contributed by atoms with Gasteiger partial charge in [-0.2, -0.15) is 0 Å². The number of alkyl carbamates (subject to hydrolysis) is 1. The number of carbonyl (C=O) groups is 3. The van der Waals surface area contributed by atoms with Crippen LogP contribution in [0.3, 0.4) is 0 Å². The third-order valence-electron chi connectivity index (χ3n) is 2.42. The van der Waals surface area contributed by atoms with Crippen LogP contribution in [0.4, 0.5) is 4.79 Å². The Morgan fingerprint density at radius 2 is 1.45 bits per heavy atom. The summed E-state index contributed by atoms with van der Waals surface area (Å²) in [7, 11) is 0. The van der Waals surface area contributed by atoms with E-state index in [0.717, 1.165) is 0 Å². The van der Waals surface area contributed by atoms with Crippen molar-refractivity contribution < 1.29 is 29.0 Å². The Kier molecular flexibility index (Phi) is 6.86. The van der Waals surface area contributed by atoms with Gasteiger partial charge in [0, 0.05) is 0 Å². The Morgan fingerprint density at radius 3 is 1.82 bits per heavy atom. The van der Waals surface area contributed by atoms with Crippen molar-refractivity contribution in [2.75, 3.05) is 0 Å². The maximum atomic E-state index is 11.8. The highest BCUT2D eigenvalue weighted by atomic mass is 16.6. The monoisotopic (exact) mass is 317 g/mol. The molecule has 0 fully saturated rings. The largest absolute Gasteiger partial charge is 0.480 e. The highest BCUT2D eigenvalue weighted by Gasteiger charge is 2.31. The van der Waals surface area contributed by atoms with Crippen LogP contribution in [0.25, 0.3) is 0 Å². The maximum Gasteiger partial charge on any atom is 0.408 e.